The van der Waals surface area contributed by atoms with Crippen LogP contribution in [0.25, 0.3) is 0 Å². The number of ether oxygens (including phenoxy) is 1. The normalized spacial score (nSPS) is 9.92. The van der Waals surface area contributed by atoms with Crippen molar-refractivity contribution in [3.63, 3.8) is 0 Å². The van der Waals surface area contributed by atoms with E-state index in [1.54, 1.807) is 7.11 Å². The van der Waals surface area contributed by atoms with Crippen LogP contribution >= 0.6 is 15.9 Å². The van der Waals surface area contributed by atoms with Gasteiger partial charge in [0.25, 0.3) is 0 Å². The molecular weight excluding hydrogens is 218 g/mol. The second-order valence-electron chi connectivity index (χ2n) is 2.54. The molecule has 0 heterocycles. The van der Waals surface area contributed by atoms with Crippen molar-refractivity contribution in [3.8, 4) is 5.75 Å². The van der Waals surface area contributed by atoms with Crippen molar-refractivity contribution in [2.75, 3.05) is 13.7 Å². The summed E-state index contributed by atoms with van der Waals surface area (Å²) in [7, 11) is 1.66. The van der Waals surface area contributed by atoms with Gasteiger partial charge >= 0.3 is 0 Å². The molecule has 0 aliphatic rings. The highest BCUT2D eigenvalue weighted by molar-refractivity contribution is 9.10. The van der Waals surface area contributed by atoms with Crippen molar-refractivity contribution >= 4 is 15.9 Å². The summed E-state index contributed by atoms with van der Waals surface area (Å²) in [4.78, 5) is 0. The SMILES string of the molecule is COc1cc(Br)cc(CCN)c1. The number of benzene rings is 1. The number of nitrogens with two attached hydrogens (primary N) is 1. The molecule has 12 heavy (non-hydrogen) atoms. The third-order valence-corrected chi connectivity index (χ3v) is 2.06. The van der Waals surface area contributed by atoms with E-state index in [1.807, 2.05) is 12.1 Å². The lowest BCUT2D eigenvalue weighted by Crippen LogP contribution is -2.02. The highest BCUT2D eigenvalue weighted by Crippen LogP contribution is 2.21. The van der Waals surface area contributed by atoms with Crippen molar-refractivity contribution in [2.45, 2.75) is 6.42 Å². The Morgan fingerprint density at radius 1 is 1.42 bits per heavy atom. The first-order chi connectivity index (χ1) is 5.76. The molecule has 0 atom stereocenters. The molecule has 0 aliphatic carbocycles. The zero-order chi connectivity index (χ0) is 8.97. The molecule has 0 amide bonds. The molecule has 1 aromatic rings. The molecule has 1 rings (SSSR count). The van der Waals surface area contributed by atoms with Gasteiger partial charge in [-0.25, -0.2) is 0 Å². The summed E-state index contributed by atoms with van der Waals surface area (Å²) in [6.07, 6.45) is 0.885. The Bertz CT molecular complexity index is 263. The van der Waals surface area contributed by atoms with Gasteiger partial charge in [-0.3, -0.25) is 0 Å². The summed E-state index contributed by atoms with van der Waals surface area (Å²) in [6, 6.07) is 5.98. The molecule has 66 valence electrons. The zero-order valence-electron chi connectivity index (χ0n) is 7.01. The third kappa shape index (κ3) is 2.50. The van der Waals surface area contributed by atoms with Crippen LogP contribution in [-0.2, 0) is 6.42 Å². The smallest absolute Gasteiger partial charge is 0.120 e. The van der Waals surface area contributed by atoms with Crippen molar-refractivity contribution in [3.05, 3.63) is 28.2 Å². The van der Waals surface area contributed by atoms with E-state index < -0.39 is 0 Å². The first kappa shape index (κ1) is 9.55. The highest BCUT2D eigenvalue weighted by Gasteiger charge is 1.97. The van der Waals surface area contributed by atoms with E-state index in [1.165, 1.54) is 5.56 Å². The average molecular weight is 230 g/mol. The molecule has 2 N–H and O–H groups in total. The second-order valence-corrected chi connectivity index (χ2v) is 3.45. The van der Waals surface area contributed by atoms with Crippen LogP contribution in [0.3, 0.4) is 0 Å². The standard InChI is InChI=1S/C9H12BrNO/c1-12-9-5-7(2-3-11)4-8(10)6-9/h4-6H,2-3,11H2,1H3. The Kier molecular flexibility index (Phi) is 3.56. The van der Waals surface area contributed by atoms with Gasteiger partial charge in [0.05, 0.1) is 7.11 Å². The monoisotopic (exact) mass is 229 g/mol. The zero-order valence-corrected chi connectivity index (χ0v) is 8.60. The van der Waals surface area contributed by atoms with Gasteiger partial charge in [0.1, 0.15) is 5.75 Å². The molecule has 0 bridgehead atoms. The topological polar surface area (TPSA) is 35.2 Å². The number of rotatable bonds is 3. The van der Waals surface area contributed by atoms with Crippen molar-refractivity contribution in [1.82, 2.24) is 0 Å². The van der Waals surface area contributed by atoms with Crippen LogP contribution in [0, 0.1) is 0 Å². The van der Waals surface area contributed by atoms with Gasteiger partial charge in [-0.05, 0) is 36.7 Å². The van der Waals surface area contributed by atoms with Crippen LogP contribution in [0.15, 0.2) is 22.7 Å². The minimum absolute atomic E-state index is 0.666. The van der Waals surface area contributed by atoms with Crippen LogP contribution in [0.4, 0.5) is 0 Å². The predicted molar refractivity (Wildman–Crippen MR) is 53.5 cm³/mol. The number of hydrogen-bond acceptors (Lipinski definition) is 2. The fraction of sp³-hybridized carbons (Fsp3) is 0.333. The molecule has 0 aliphatic heterocycles. The van der Waals surface area contributed by atoms with Crippen molar-refractivity contribution in [1.29, 1.82) is 0 Å². The lowest BCUT2D eigenvalue weighted by atomic mass is 10.1. The van der Waals surface area contributed by atoms with Gasteiger partial charge in [-0.1, -0.05) is 15.9 Å². The first-order valence-electron chi connectivity index (χ1n) is 3.80. The summed E-state index contributed by atoms with van der Waals surface area (Å²) in [5.41, 5.74) is 6.64. The molecule has 0 unspecified atom stereocenters. The summed E-state index contributed by atoms with van der Waals surface area (Å²) < 4.78 is 6.14. The van der Waals surface area contributed by atoms with E-state index in [-0.39, 0.29) is 0 Å². The average Bonchev–Trinajstić information content (AvgIpc) is 2.04. The lowest BCUT2D eigenvalue weighted by molar-refractivity contribution is 0.414. The van der Waals surface area contributed by atoms with Gasteiger partial charge in [0.15, 0.2) is 0 Å². The summed E-state index contributed by atoms with van der Waals surface area (Å²) in [5.74, 6) is 0.868. The van der Waals surface area contributed by atoms with E-state index in [9.17, 15) is 0 Å². The fourth-order valence-corrected chi connectivity index (χ4v) is 1.57. The molecule has 3 heteroatoms. The van der Waals surface area contributed by atoms with E-state index >= 15 is 0 Å². The Morgan fingerprint density at radius 3 is 2.75 bits per heavy atom. The molecule has 0 spiro atoms. The number of hydrogen-bond donors (Lipinski definition) is 1. The van der Waals surface area contributed by atoms with Crippen LogP contribution in [0.5, 0.6) is 5.75 Å². The Balaban J connectivity index is 2.90. The van der Waals surface area contributed by atoms with Gasteiger partial charge < -0.3 is 10.5 Å². The predicted octanol–water partition coefficient (Wildman–Crippen LogP) is 1.96. The second kappa shape index (κ2) is 4.48. The largest absolute Gasteiger partial charge is 0.497 e. The fourth-order valence-electron chi connectivity index (χ4n) is 1.05. The van der Waals surface area contributed by atoms with Gasteiger partial charge in [-0.2, -0.15) is 0 Å². The lowest BCUT2D eigenvalue weighted by Gasteiger charge is -2.04. The van der Waals surface area contributed by atoms with E-state index in [0.717, 1.165) is 16.6 Å². The first-order valence-corrected chi connectivity index (χ1v) is 4.59. The third-order valence-electron chi connectivity index (χ3n) is 1.60. The van der Waals surface area contributed by atoms with E-state index in [4.69, 9.17) is 10.5 Å². The molecule has 0 saturated carbocycles. The molecule has 1 aromatic carbocycles. The van der Waals surface area contributed by atoms with E-state index in [2.05, 4.69) is 22.0 Å². The minimum atomic E-state index is 0.666. The van der Waals surface area contributed by atoms with Crippen LogP contribution in [-0.4, -0.2) is 13.7 Å². The van der Waals surface area contributed by atoms with E-state index in [0.29, 0.717) is 6.54 Å². The molecular formula is C9H12BrNO. The van der Waals surface area contributed by atoms with Crippen LogP contribution in [0.2, 0.25) is 0 Å². The molecule has 0 saturated heterocycles. The maximum absolute atomic E-state index is 5.45. The Hall–Kier alpha value is -0.540. The maximum Gasteiger partial charge on any atom is 0.120 e. The summed E-state index contributed by atoms with van der Waals surface area (Å²) in [6.45, 7) is 0.666. The van der Waals surface area contributed by atoms with Gasteiger partial charge in [-0.15, -0.1) is 0 Å². The number of halogens is 1. The highest BCUT2D eigenvalue weighted by atomic mass is 79.9. The molecule has 0 fully saturated rings. The molecule has 0 radical (unpaired) electrons. The Morgan fingerprint density at radius 2 is 2.17 bits per heavy atom. The molecule has 2 nitrogen and oxygen atoms in total. The molecule has 0 aromatic heterocycles. The summed E-state index contributed by atoms with van der Waals surface area (Å²) >= 11 is 3.40. The quantitative estimate of drug-likeness (QED) is 0.861. The van der Waals surface area contributed by atoms with Crippen LogP contribution in [0.1, 0.15) is 5.56 Å². The minimum Gasteiger partial charge on any atom is -0.497 e. The summed E-state index contributed by atoms with van der Waals surface area (Å²) in [5, 5.41) is 0. The number of methoxy groups -OCH3 is 1. The van der Waals surface area contributed by atoms with Crippen molar-refractivity contribution < 1.29 is 4.74 Å². The van der Waals surface area contributed by atoms with Gasteiger partial charge in [0.2, 0.25) is 0 Å². The van der Waals surface area contributed by atoms with Gasteiger partial charge in [0, 0.05) is 4.47 Å². The van der Waals surface area contributed by atoms with Crippen molar-refractivity contribution in [2.24, 2.45) is 5.73 Å². The Labute approximate surface area is 80.8 Å². The van der Waals surface area contributed by atoms with Crippen LogP contribution < -0.4 is 10.5 Å². The maximum atomic E-state index is 5.45.